The molecular formula is C26H26N4O4S. The number of thioether (sulfide) groups is 1. The predicted octanol–water partition coefficient (Wildman–Crippen LogP) is 5.14. The Balaban J connectivity index is 1.49. The van der Waals surface area contributed by atoms with Gasteiger partial charge in [-0.25, -0.2) is 4.79 Å². The zero-order valence-electron chi connectivity index (χ0n) is 19.2. The SMILES string of the molecule is CSCCC(NC(=O)c1ccccc1)C(=O)OCC(=O)Nc1ccc(N=Nc2ccccc2)cc1. The Morgan fingerprint density at radius 3 is 2.09 bits per heavy atom. The molecule has 2 N–H and O–H groups in total. The van der Waals surface area contributed by atoms with Crippen LogP contribution in [-0.2, 0) is 14.3 Å². The summed E-state index contributed by atoms with van der Waals surface area (Å²) in [5.74, 6) is -0.873. The molecule has 0 fully saturated rings. The van der Waals surface area contributed by atoms with E-state index in [9.17, 15) is 14.4 Å². The second kappa shape index (κ2) is 13.7. The average Bonchev–Trinajstić information content (AvgIpc) is 2.90. The number of ether oxygens (including phenoxy) is 1. The average molecular weight is 491 g/mol. The molecule has 1 atom stereocenters. The summed E-state index contributed by atoms with van der Waals surface area (Å²) in [6, 6.07) is 23.9. The standard InChI is InChI=1S/C26H26N4O4S/c1-35-17-16-23(28-25(32)19-8-4-2-5-9-19)26(33)34-18-24(31)27-20-12-14-22(15-13-20)30-29-21-10-6-3-7-11-21/h2-15,23H,16-18H2,1H3,(H,27,31)(H,28,32). The first-order chi connectivity index (χ1) is 17.0. The van der Waals surface area contributed by atoms with E-state index in [2.05, 4.69) is 20.9 Å². The number of esters is 1. The number of carbonyl (C=O) groups excluding carboxylic acids is 3. The third-order valence-corrected chi connectivity index (χ3v) is 5.41. The van der Waals surface area contributed by atoms with Crippen molar-refractivity contribution < 1.29 is 19.1 Å². The van der Waals surface area contributed by atoms with Gasteiger partial charge in [0.2, 0.25) is 0 Å². The van der Waals surface area contributed by atoms with Crippen molar-refractivity contribution in [1.82, 2.24) is 5.32 Å². The highest BCUT2D eigenvalue weighted by Crippen LogP contribution is 2.20. The van der Waals surface area contributed by atoms with Gasteiger partial charge in [0.25, 0.3) is 11.8 Å². The number of amides is 2. The first-order valence-electron chi connectivity index (χ1n) is 10.9. The number of anilines is 1. The van der Waals surface area contributed by atoms with Gasteiger partial charge < -0.3 is 15.4 Å². The third kappa shape index (κ3) is 8.71. The second-order valence-corrected chi connectivity index (χ2v) is 8.40. The van der Waals surface area contributed by atoms with E-state index >= 15 is 0 Å². The molecule has 0 heterocycles. The van der Waals surface area contributed by atoms with Gasteiger partial charge in [0.15, 0.2) is 6.61 Å². The molecule has 1 unspecified atom stereocenters. The number of benzene rings is 3. The molecule has 0 saturated heterocycles. The summed E-state index contributed by atoms with van der Waals surface area (Å²) in [6.45, 7) is -0.467. The first-order valence-corrected chi connectivity index (χ1v) is 12.3. The minimum atomic E-state index is -0.850. The maximum atomic E-state index is 12.6. The van der Waals surface area contributed by atoms with Gasteiger partial charge in [0, 0.05) is 11.3 Å². The molecule has 0 saturated carbocycles. The number of hydrogen-bond acceptors (Lipinski definition) is 7. The zero-order chi connectivity index (χ0) is 24.9. The molecule has 3 aromatic rings. The monoisotopic (exact) mass is 490 g/mol. The summed E-state index contributed by atoms with van der Waals surface area (Å²) in [6.07, 6.45) is 2.29. The highest BCUT2D eigenvalue weighted by atomic mass is 32.2. The largest absolute Gasteiger partial charge is 0.454 e. The van der Waals surface area contributed by atoms with Crippen molar-refractivity contribution in [3.63, 3.8) is 0 Å². The number of hydrogen-bond donors (Lipinski definition) is 2. The lowest BCUT2D eigenvalue weighted by Crippen LogP contribution is -2.43. The molecule has 3 aromatic carbocycles. The fourth-order valence-corrected chi connectivity index (χ4v) is 3.44. The predicted molar refractivity (Wildman–Crippen MR) is 137 cm³/mol. The van der Waals surface area contributed by atoms with Gasteiger partial charge in [0.05, 0.1) is 11.4 Å². The molecule has 180 valence electrons. The maximum Gasteiger partial charge on any atom is 0.329 e. The molecule has 0 aliphatic heterocycles. The first kappa shape index (κ1) is 25.6. The summed E-state index contributed by atoms with van der Waals surface area (Å²) in [5, 5.41) is 13.7. The van der Waals surface area contributed by atoms with Gasteiger partial charge >= 0.3 is 5.97 Å². The van der Waals surface area contributed by atoms with Crippen molar-refractivity contribution in [3.8, 4) is 0 Å². The molecule has 3 rings (SSSR count). The van der Waals surface area contributed by atoms with Crippen molar-refractivity contribution in [2.75, 3.05) is 23.9 Å². The van der Waals surface area contributed by atoms with Crippen molar-refractivity contribution in [1.29, 1.82) is 0 Å². The van der Waals surface area contributed by atoms with Crippen LogP contribution >= 0.6 is 11.8 Å². The molecule has 0 spiro atoms. The summed E-state index contributed by atoms with van der Waals surface area (Å²) < 4.78 is 5.17. The number of azo groups is 1. The summed E-state index contributed by atoms with van der Waals surface area (Å²) >= 11 is 1.55. The van der Waals surface area contributed by atoms with Crippen LogP contribution in [-0.4, -0.2) is 42.4 Å². The molecule has 0 aliphatic carbocycles. The van der Waals surface area contributed by atoms with Crippen LogP contribution in [0.25, 0.3) is 0 Å². The molecule has 35 heavy (non-hydrogen) atoms. The Kier molecular flexibility index (Phi) is 10.0. The summed E-state index contributed by atoms with van der Waals surface area (Å²) in [4.78, 5) is 37.3. The zero-order valence-corrected chi connectivity index (χ0v) is 20.0. The van der Waals surface area contributed by atoms with E-state index in [-0.39, 0.29) is 5.91 Å². The highest BCUT2D eigenvalue weighted by molar-refractivity contribution is 7.98. The summed E-state index contributed by atoms with van der Waals surface area (Å²) in [7, 11) is 0. The van der Waals surface area contributed by atoms with Gasteiger partial charge in [-0.15, -0.1) is 0 Å². The van der Waals surface area contributed by atoms with Crippen LogP contribution in [0.3, 0.4) is 0 Å². The lowest BCUT2D eigenvalue weighted by Gasteiger charge is -2.17. The van der Waals surface area contributed by atoms with Crippen molar-refractivity contribution in [3.05, 3.63) is 90.5 Å². The van der Waals surface area contributed by atoms with Gasteiger partial charge in [-0.3, -0.25) is 9.59 Å². The van der Waals surface area contributed by atoms with E-state index in [1.54, 1.807) is 66.4 Å². The second-order valence-electron chi connectivity index (χ2n) is 7.41. The van der Waals surface area contributed by atoms with Gasteiger partial charge in [-0.2, -0.15) is 22.0 Å². The van der Waals surface area contributed by atoms with E-state index in [0.29, 0.717) is 29.1 Å². The Labute approximate surface area is 208 Å². The summed E-state index contributed by atoms with van der Waals surface area (Å²) in [5.41, 5.74) is 2.34. The molecular weight excluding hydrogens is 464 g/mol. The maximum absolute atomic E-state index is 12.6. The molecule has 8 nitrogen and oxygen atoms in total. The fraction of sp³-hybridized carbons (Fsp3) is 0.192. The Bertz CT molecular complexity index is 1140. The molecule has 0 radical (unpaired) electrons. The Morgan fingerprint density at radius 2 is 1.46 bits per heavy atom. The van der Waals surface area contributed by atoms with Crippen molar-refractivity contribution in [2.24, 2.45) is 10.2 Å². The van der Waals surface area contributed by atoms with E-state index in [4.69, 9.17) is 4.74 Å². The highest BCUT2D eigenvalue weighted by Gasteiger charge is 2.23. The van der Waals surface area contributed by atoms with Crippen LogP contribution in [0.15, 0.2) is 95.2 Å². The van der Waals surface area contributed by atoms with Gasteiger partial charge in [0.1, 0.15) is 6.04 Å². The number of rotatable bonds is 11. The van der Waals surface area contributed by atoms with Gasteiger partial charge in [-0.1, -0.05) is 36.4 Å². The van der Waals surface area contributed by atoms with E-state index in [1.807, 2.05) is 36.6 Å². The Hall–Kier alpha value is -3.98. The quantitative estimate of drug-likeness (QED) is 0.286. The van der Waals surface area contributed by atoms with Gasteiger partial charge in [-0.05, 0) is 67.0 Å². The van der Waals surface area contributed by atoms with Crippen LogP contribution < -0.4 is 10.6 Å². The van der Waals surface area contributed by atoms with Crippen LogP contribution in [0.1, 0.15) is 16.8 Å². The third-order valence-electron chi connectivity index (χ3n) is 4.77. The fourth-order valence-electron chi connectivity index (χ4n) is 2.97. The van der Waals surface area contributed by atoms with Crippen LogP contribution in [0, 0.1) is 0 Å². The lowest BCUT2D eigenvalue weighted by molar-refractivity contribution is -0.149. The van der Waals surface area contributed by atoms with E-state index in [1.165, 1.54) is 0 Å². The minimum absolute atomic E-state index is 0.373. The van der Waals surface area contributed by atoms with Crippen molar-refractivity contribution >= 4 is 46.6 Å². The minimum Gasteiger partial charge on any atom is -0.454 e. The molecule has 0 aromatic heterocycles. The topological polar surface area (TPSA) is 109 Å². The van der Waals surface area contributed by atoms with E-state index in [0.717, 1.165) is 5.69 Å². The normalized spacial score (nSPS) is 11.6. The van der Waals surface area contributed by atoms with Crippen LogP contribution in [0.2, 0.25) is 0 Å². The molecule has 9 heteroatoms. The number of nitrogens with one attached hydrogen (secondary N) is 2. The number of carbonyl (C=O) groups is 3. The molecule has 0 bridgehead atoms. The van der Waals surface area contributed by atoms with Crippen LogP contribution in [0.4, 0.5) is 17.1 Å². The molecule has 0 aliphatic rings. The Morgan fingerprint density at radius 1 is 0.857 bits per heavy atom. The molecule has 2 amide bonds. The van der Waals surface area contributed by atoms with Crippen LogP contribution in [0.5, 0.6) is 0 Å². The lowest BCUT2D eigenvalue weighted by atomic mass is 10.1. The van der Waals surface area contributed by atoms with E-state index < -0.39 is 24.5 Å². The smallest absolute Gasteiger partial charge is 0.329 e. The van der Waals surface area contributed by atoms with Crippen molar-refractivity contribution in [2.45, 2.75) is 12.5 Å². The number of nitrogens with zero attached hydrogens (tertiary/aromatic N) is 2.